The molecule has 1 unspecified atom stereocenters. The monoisotopic (exact) mass is 296 g/mol. The van der Waals surface area contributed by atoms with E-state index in [1.165, 1.54) is 0 Å². The third-order valence-corrected chi connectivity index (χ3v) is 4.28. The number of thiophene rings is 1. The maximum Gasteiger partial charge on any atom is 0.142 e. The summed E-state index contributed by atoms with van der Waals surface area (Å²) in [5.74, 6) is 0.778. The zero-order valence-electron chi connectivity index (χ0n) is 11.0. The van der Waals surface area contributed by atoms with E-state index in [-0.39, 0.29) is 6.04 Å². The van der Waals surface area contributed by atoms with Gasteiger partial charge in [0, 0.05) is 16.6 Å². The van der Waals surface area contributed by atoms with Crippen molar-refractivity contribution >= 4 is 22.9 Å². The summed E-state index contributed by atoms with van der Waals surface area (Å²) in [7, 11) is 1.66. The summed E-state index contributed by atoms with van der Waals surface area (Å²) in [5.41, 5.74) is 1.07. The topological polar surface area (TPSA) is 34.2 Å². The van der Waals surface area contributed by atoms with E-state index in [1.54, 1.807) is 30.8 Å². The van der Waals surface area contributed by atoms with Crippen LogP contribution >= 0.6 is 22.9 Å². The number of hydrogen-bond acceptors (Lipinski definition) is 4. The SMILES string of the molecule is CCCNC(c1ccncc1OC)c1sccc1Cl. The van der Waals surface area contributed by atoms with Gasteiger partial charge in [-0.3, -0.25) is 4.98 Å². The molecular formula is C14H17ClN2OS. The number of ether oxygens (including phenoxy) is 1. The smallest absolute Gasteiger partial charge is 0.142 e. The van der Waals surface area contributed by atoms with Gasteiger partial charge in [-0.05, 0) is 30.5 Å². The molecule has 0 radical (unpaired) electrons. The lowest BCUT2D eigenvalue weighted by Gasteiger charge is -2.20. The second-order valence-corrected chi connectivity index (χ2v) is 5.49. The maximum atomic E-state index is 6.27. The highest BCUT2D eigenvalue weighted by Crippen LogP contribution is 2.36. The summed E-state index contributed by atoms with van der Waals surface area (Å²) in [6.07, 6.45) is 4.57. The first-order valence-corrected chi connectivity index (χ1v) is 7.47. The van der Waals surface area contributed by atoms with Crippen LogP contribution in [0, 0.1) is 0 Å². The van der Waals surface area contributed by atoms with Crippen molar-refractivity contribution in [2.45, 2.75) is 19.4 Å². The second kappa shape index (κ2) is 6.89. The quantitative estimate of drug-likeness (QED) is 0.878. The predicted molar refractivity (Wildman–Crippen MR) is 80.3 cm³/mol. The van der Waals surface area contributed by atoms with E-state index in [0.717, 1.165) is 34.2 Å². The minimum absolute atomic E-state index is 0.0467. The molecule has 2 heterocycles. The van der Waals surface area contributed by atoms with E-state index >= 15 is 0 Å². The third-order valence-electron chi connectivity index (χ3n) is 2.85. The molecule has 0 aromatic carbocycles. The Hall–Kier alpha value is -1.10. The van der Waals surface area contributed by atoms with Gasteiger partial charge in [0.2, 0.25) is 0 Å². The molecule has 2 aromatic rings. The molecular weight excluding hydrogens is 280 g/mol. The van der Waals surface area contributed by atoms with Crippen LogP contribution in [0.15, 0.2) is 29.9 Å². The van der Waals surface area contributed by atoms with Crippen molar-refractivity contribution in [3.8, 4) is 5.75 Å². The average Bonchev–Trinajstić information content (AvgIpc) is 2.86. The molecule has 1 atom stereocenters. The lowest BCUT2D eigenvalue weighted by Crippen LogP contribution is -2.23. The number of nitrogens with zero attached hydrogens (tertiary/aromatic N) is 1. The lowest BCUT2D eigenvalue weighted by molar-refractivity contribution is 0.402. The largest absolute Gasteiger partial charge is 0.495 e. The summed E-state index contributed by atoms with van der Waals surface area (Å²) in [4.78, 5) is 5.21. The molecule has 5 heteroatoms. The van der Waals surface area contributed by atoms with Gasteiger partial charge < -0.3 is 10.1 Å². The van der Waals surface area contributed by atoms with Crippen molar-refractivity contribution in [2.24, 2.45) is 0 Å². The molecule has 1 N–H and O–H groups in total. The van der Waals surface area contributed by atoms with Crippen LogP contribution in [0.1, 0.15) is 29.8 Å². The molecule has 0 amide bonds. The van der Waals surface area contributed by atoms with Crippen LogP contribution in [0.4, 0.5) is 0 Å². The van der Waals surface area contributed by atoms with Gasteiger partial charge >= 0.3 is 0 Å². The van der Waals surface area contributed by atoms with Gasteiger partial charge in [0.05, 0.1) is 24.4 Å². The second-order valence-electron chi connectivity index (χ2n) is 4.14. The number of rotatable bonds is 6. The molecule has 2 rings (SSSR count). The molecule has 0 saturated carbocycles. The van der Waals surface area contributed by atoms with Gasteiger partial charge in [0.1, 0.15) is 5.75 Å². The van der Waals surface area contributed by atoms with Gasteiger partial charge in [0.25, 0.3) is 0 Å². The minimum atomic E-state index is 0.0467. The first kappa shape index (κ1) is 14.3. The molecule has 0 aliphatic heterocycles. The zero-order chi connectivity index (χ0) is 13.7. The van der Waals surface area contributed by atoms with Crippen LogP contribution in [0.25, 0.3) is 0 Å². The molecule has 0 fully saturated rings. The van der Waals surface area contributed by atoms with Crippen LogP contribution in [-0.2, 0) is 0 Å². The van der Waals surface area contributed by atoms with Crippen molar-refractivity contribution in [1.82, 2.24) is 10.3 Å². The van der Waals surface area contributed by atoms with Crippen molar-refractivity contribution < 1.29 is 4.74 Å². The number of nitrogens with one attached hydrogen (secondary N) is 1. The van der Waals surface area contributed by atoms with E-state index in [4.69, 9.17) is 16.3 Å². The molecule has 3 nitrogen and oxygen atoms in total. The Morgan fingerprint density at radius 1 is 1.47 bits per heavy atom. The van der Waals surface area contributed by atoms with Crippen LogP contribution in [-0.4, -0.2) is 18.6 Å². The Morgan fingerprint density at radius 3 is 2.95 bits per heavy atom. The Morgan fingerprint density at radius 2 is 2.32 bits per heavy atom. The molecule has 0 spiro atoms. The van der Waals surface area contributed by atoms with E-state index in [2.05, 4.69) is 17.2 Å². The average molecular weight is 297 g/mol. The molecule has 0 saturated heterocycles. The van der Waals surface area contributed by atoms with Gasteiger partial charge in [-0.15, -0.1) is 11.3 Å². The number of halogens is 1. The number of methoxy groups -OCH3 is 1. The maximum absolute atomic E-state index is 6.27. The van der Waals surface area contributed by atoms with Crippen LogP contribution in [0.5, 0.6) is 5.75 Å². The van der Waals surface area contributed by atoms with Gasteiger partial charge in [0.15, 0.2) is 0 Å². The summed E-state index contributed by atoms with van der Waals surface area (Å²) in [5, 5.41) is 6.32. The first-order chi connectivity index (χ1) is 9.27. The van der Waals surface area contributed by atoms with Crippen molar-refractivity contribution in [1.29, 1.82) is 0 Å². The fourth-order valence-corrected chi connectivity index (χ4v) is 3.20. The molecule has 19 heavy (non-hydrogen) atoms. The van der Waals surface area contributed by atoms with E-state index in [9.17, 15) is 0 Å². The fourth-order valence-electron chi connectivity index (χ4n) is 1.94. The van der Waals surface area contributed by atoms with Crippen molar-refractivity contribution in [2.75, 3.05) is 13.7 Å². The van der Waals surface area contributed by atoms with Crippen LogP contribution in [0.3, 0.4) is 0 Å². The van der Waals surface area contributed by atoms with E-state index in [0.29, 0.717) is 0 Å². The highest BCUT2D eigenvalue weighted by atomic mass is 35.5. The normalized spacial score (nSPS) is 12.4. The number of hydrogen-bond donors (Lipinski definition) is 1. The van der Waals surface area contributed by atoms with Crippen molar-refractivity contribution in [3.63, 3.8) is 0 Å². The standard InChI is InChI=1S/C14H17ClN2OS/c1-3-6-17-13(14-11(15)5-8-19-14)10-4-7-16-9-12(10)18-2/h4-5,7-9,13,17H,3,6H2,1-2H3. The highest BCUT2D eigenvalue weighted by Gasteiger charge is 2.21. The predicted octanol–water partition coefficient (Wildman–Crippen LogP) is 3.89. The Balaban J connectivity index is 2.40. The Labute approximate surface area is 122 Å². The highest BCUT2D eigenvalue weighted by molar-refractivity contribution is 7.10. The molecule has 2 aromatic heterocycles. The van der Waals surface area contributed by atoms with Crippen molar-refractivity contribution in [3.05, 3.63) is 45.4 Å². The number of aromatic nitrogens is 1. The van der Waals surface area contributed by atoms with Gasteiger partial charge in [-0.2, -0.15) is 0 Å². The minimum Gasteiger partial charge on any atom is -0.495 e. The summed E-state index contributed by atoms with van der Waals surface area (Å²) < 4.78 is 5.40. The van der Waals surface area contributed by atoms with Gasteiger partial charge in [-0.1, -0.05) is 18.5 Å². The fraction of sp³-hybridized carbons (Fsp3) is 0.357. The Kier molecular flexibility index (Phi) is 5.19. The van der Waals surface area contributed by atoms with E-state index < -0.39 is 0 Å². The van der Waals surface area contributed by atoms with E-state index in [1.807, 2.05) is 17.5 Å². The summed E-state index contributed by atoms with van der Waals surface area (Å²) in [6, 6.07) is 3.95. The summed E-state index contributed by atoms with van der Waals surface area (Å²) >= 11 is 7.92. The van der Waals surface area contributed by atoms with Crippen LogP contribution < -0.4 is 10.1 Å². The molecule has 0 aliphatic rings. The lowest BCUT2D eigenvalue weighted by atomic mass is 10.1. The molecule has 0 bridgehead atoms. The molecule has 102 valence electrons. The first-order valence-electron chi connectivity index (χ1n) is 6.22. The number of pyridine rings is 1. The third kappa shape index (κ3) is 3.26. The zero-order valence-corrected chi connectivity index (χ0v) is 12.6. The summed E-state index contributed by atoms with van der Waals surface area (Å²) in [6.45, 7) is 3.06. The van der Waals surface area contributed by atoms with Gasteiger partial charge in [-0.25, -0.2) is 0 Å². The Bertz CT molecular complexity index is 530. The molecule has 0 aliphatic carbocycles. The van der Waals surface area contributed by atoms with Crippen LogP contribution in [0.2, 0.25) is 5.02 Å².